The Kier molecular flexibility index (Phi) is 6.55. The summed E-state index contributed by atoms with van der Waals surface area (Å²) in [6, 6.07) is 27.4. The van der Waals surface area contributed by atoms with Gasteiger partial charge < -0.3 is 10.1 Å². The molecule has 2 saturated heterocycles. The summed E-state index contributed by atoms with van der Waals surface area (Å²) in [5.74, 6) is 0.651. The van der Waals surface area contributed by atoms with Gasteiger partial charge in [-0.15, -0.1) is 0 Å². The lowest BCUT2D eigenvalue weighted by Gasteiger charge is -2.30. The van der Waals surface area contributed by atoms with Crippen molar-refractivity contribution < 1.29 is 14.3 Å². The third-order valence-corrected chi connectivity index (χ3v) is 7.02. The van der Waals surface area contributed by atoms with E-state index in [-0.39, 0.29) is 24.6 Å². The predicted octanol–water partition coefficient (Wildman–Crippen LogP) is 4.87. The number of hydrogen-bond donors (Lipinski definition) is 1. The predicted molar refractivity (Wildman–Crippen MR) is 135 cm³/mol. The highest BCUT2D eigenvalue weighted by molar-refractivity contribution is 6.07. The number of rotatable bonds is 8. The highest BCUT2D eigenvalue weighted by atomic mass is 16.5. The van der Waals surface area contributed by atoms with Gasteiger partial charge in [-0.05, 0) is 48.6 Å². The second-order valence-electron chi connectivity index (χ2n) is 9.21. The summed E-state index contributed by atoms with van der Waals surface area (Å²) < 4.78 is 5.58. The molecule has 2 aliphatic rings. The zero-order valence-corrected chi connectivity index (χ0v) is 20.0. The smallest absolute Gasteiger partial charge is 0.326 e. The number of carbonyl (C=O) groups is 2. The average Bonchev–Trinajstić information content (AvgIpc) is 3.45. The largest absolute Gasteiger partial charge is 0.494 e. The second kappa shape index (κ2) is 9.92. The summed E-state index contributed by atoms with van der Waals surface area (Å²) in [5.41, 5.74) is 1.86. The van der Waals surface area contributed by atoms with Gasteiger partial charge in [-0.1, -0.05) is 72.8 Å². The Morgan fingerprint density at radius 1 is 0.943 bits per heavy atom. The topological polar surface area (TPSA) is 61.9 Å². The van der Waals surface area contributed by atoms with E-state index in [1.165, 1.54) is 10.5 Å². The van der Waals surface area contributed by atoms with Crippen LogP contribution in [0.25, 0.3) is 0 Å². The van der Waals surface area contributed by atoms with Gasteiger partial charge in [0, 0.05) is 19.0 Å². The van der Waals surface area contributed by atoms with Gasteiger partial charge >= 0.3 is 6.03 Å². The molecule has 2 aliphatic heterocycles. The van der Waals surface area contributed by atoms with Gasteiger partial charge in [0.2, 0.25) is 0 Å². The summed E-state index contributed by atoms with van der Waals surface area (Å²) >= 11 is 0. The molecule has 2 fully saturated rings. The van der Waals surface area contributed by atoms with Crippen LogP contribution in [-0.4, -0.2) is 41.6 Å². The fraction of sp³-hybridized carbons (Fsp3) is 0.310. The normalized spacial score (nSPS) is 22.4. The Bertz CT molecular complexity index is 1170. The summed E-state index contributed by atoms with van der Waals surface area (Å²) in [5, 5.41) is 3.08. The van der Waals surface area contributed by atoms with Gasteiger partial charge in [-0.2, -0.15) is 0 Å². The molecule has 2 heterocycles. The molecule has 6 nitrogen and oxygen atoms in total. The van der Waals surface area contributed by atoms with Gasteiger partial charge in [-0.3, -0.25) is 9.69 Å². The van der Waals surface area contributed by atoms with Crippen LogP contribution in [0.4, 0.5) is 4.79 Å². The van der Waals surface area contributed by atoms with Crippen LogP contribution >= 0.6 is 0 Å². The van der Waals surface area contributed by atoms with Crippen molar-refractivity contribution in [3.05, 3.63) is 102 Å². The molecule has 6 heteroatoms. The minimum absolute atomic E-state index is 0.159. The first-order valence-corrected chi connectivity index (χ1v) is 12.3. The number of amides is 3. The van der Waals surface area contributed by atoms with E-state index in [0.29, 0.717) is 13.0 Å². The minimum atomic E-state index is -1.12. The van der Waals surface area contributed by atoms with Crippen molar-refractivity contribution in [1.82, 2.24) is 15.1 Å². The van der Waals surface area contributed by atoms with Crippen LogP contribution < -0.4 is 10.1 Å². The Hall–Kier alpha value is -3.64. The summed E-state index contributed by atoms with van der Waals surface area (Å²) in [6.45, 7) is 3.71. The molecule has 35 heavy (non-hydrogen) atoms. The van der Waals surface area contributed by atoms with Gasteiger partial charge in [0.25, 0.3) is 5.91 Å². The monoisotopic (exact) mass is 469 g/mol. The number of hydrogen-bond acceptors (Lipinski definition) is 4. The molecule has 3 aromatic carbocycles. The first kappa shape index (κ1) is 23.1. The SMILES string of the molecule is CCOc1ccc([C@H]2CCCN2CN2C(=O)N[C@](Cc3ccccc3)(c3ccccc3)C2=O)cc1. The zero-order chi connectivity index (χ0) is 24.3. The number of benzene rings is 3. The third-order valence-electron chi connectivity index (χ3n) is 7.02. The van der Waals surface area contributed by atoms with Crippen molar-refractivity contribution >= 4 is 11.9 Å². The molecule has 0 radical (unpaired) electrons. The van der Waals surface area contributed by atoms with Crippen LogP contribution in [-0.2, 0) is 16.8 Å². The van der Waals surface area contributed by atoms with Crippen LogP contribution in [0, 0.1) is 0 Å². The Balaban J connectivity index is 1.40. The van der Waals surface area contributed by atoms with E-state index in [1.54, 1.807) is 0 Å². The van der Waals surface area contributed by atoms with E-state index in [9.17, 15) is 9.59 Å². The Labute approximate surface area is 206 Å². The number of carbonyl (C=O) groups excluding carboxylic acids is 2. The first-order chi connectivity index (χ1) is 17.1. The Morgan fingerprint density at radius 2 is 1.63 bits per heavy atom. The van der Waals surface area contributed by atoms with E-state index in [2.05, 4.69) is 22.3 Å². The molecule has 5 rings (SSSR count). The van der Waals surface area contributed by atoms with Crippen LogP contribution in [0.5, 0.6) is 5.75 Å². The molecule has 180 valence electrons. The van der Waals surface area contributed by atoms with Crippen molar-refractivity contribution in [2.75, 3.05) is 19.8 Å². The number of ether oxygens (including phenoxy) is 1. The highest BCUT2D eigenvalue weighted by Crippen LogP contribution is 2.36. The van der Waals surface area contributed by atoms with Gasteiger partial charge in [0.15, 0.2) is 5.54 Å². The van der Waals surface area contributed by atoms with Gasteiger partial charge in [0.05, 0.1) is 13.3 Å². The van der Waals surface area contributed by atoms with Crippen molar-refractivity contribution in [1.29, 1.82) is 0 Å². The molecular weight excluding hydrogens is 438 g/mol. The van der Waals surface area contributed by atoms with Crippen molar-refractivity contribution in [2.45, 2.75) is 37.8 Å². The third kappa shape index (κ3) is 4.54. The molecule has 0 unspecified atom stereocenters. The molecule has 1 N–H and O–H groups in total. The maximum Gasteiger partial charge on any atom is 0.326 e. The molecule has 0 spiro atoms. The standard InChI is InChI=1S/C29H31N3O3/c1-2-35-25-17-15-23(16-18-25)26-14-9-19-31(26)21-32-27(33)29(30-28(32)34,24-12-7-4-8-13-24)20-22-10-5-3-6-11-22/h3-8,10-13,15-18,26H,2,9,14,19-21H2,1H3,(H,30,34)/t26-,29-/m1/s1. The molecular formula is C29H31N3O3. The summed E-state index contributed by atoms with van der Waals surface area (Å²) in [6.07, 6.45) is 2.42. The van der Waals surface area contributed by atoms with Crippen LogP contribution in [0.15, 0.2) is 84.9 Å². The molecule has 3 aromatic rings. The van der Waals surface area contributed by atoms with E-state index in [4.69, 9.17) is 4.74 Å². The van der Waals surface area contributed by atoms with Gasteiger partial charge in [-0.25, -0.2) is 9.69 Å². The van der Waals surface area contributed by atoms with Crippen molar-refractivity contribution in [3.8, 4) is 5.75 Å². The van der Waals surface area contributed by atoms with Gasteiger partial charge in [0.1, 0.15) is 5.75 Å². The Morgan fingerprint density at radius 3 is 2.31 bits per heavy atom. The van der Waals surface area contributed by atoms with E-state index in [1.807, 2.05) is 79.7 Å². The maximum absolute atomic E-state index is 14.0. The molecule has 3 amide bonds. The molecule has 2 atom stereocenters. The molecule has 0 saturated carbocycles. The first-order valence-electron chi connectivity index (χ1n) is 12.3. The maximum atomic E-state index is 14.0. The number of nitrogens with one attached hydrogen (secondary N) is 1. The highest BCUT2D eigenvalue weighted by Gasteiger charge is 2.53. The average molecular weight is 470 g/mol. The summed E-state index contributed by atoms with van der Waals surface area (Å²) in [4.78, 5) is 30.9. The second-order valence-corrected chi connectivity index (χ2v) is 9.21. The van der Waals surface area contributed by atoms with Crippen molar-refractivity contribution in [2.24, 2.45) is 0 Å². The van der Waals surface area contributed by atoms with E-state index >= 15 is 0 Å². The number of nitrogens with zero attached hydrogens (tertiary/aromatic N) is 2. The van der Waals surface area contributed by atoms with E-state index < -0.39 is 5.54 Å². The fourth-order valence-corrected chi connectivity index (χ4v) is 5.30. The molecule has 0 aliphatic carbocycles. The summed E-state index contributed by atoms with van der Waals surface area (Å²) in [7, 11) is 0. The number of urea groups is 1. The van der Waals surface area contributed by atoms with Crippen LogP contribution in [0.2, 0.25) is 0 Å². The molecule has 0 aromatic heterocycles. The lowest BCUT2D eigenvalue weighted by Crippen LogP contribution is -2.47. The number of imide groups is 1. The minimum Gasteiger partial charge on any atom is -0.494 e. The number of likely N-dealkylation sites (tertiary alicyclic amines) is 1. The van der Waals surface area contributed by atoms with Crippen molar-refractivity contribution in [3.63, 3.8) is 0 Å². The molecule has 0 bridgehead atoms. The van der Waals surface area contributed by atoms with E-state index in [0.717, 1.165) is 36.3 Å². The fourth-order valence-electron chi connectivity index (χ4n) is 5.30. The zero-order valence-electron chi connectivity index (χ0n) is 20.0. The van der Waals surface area contributed by atoms with Crippen LogP contribution in [0.1, 0.15) is 42.5 Å². The lowest BCUT2D eigenvalue weighted by atomic mass is 9.83. The quantitative estimate of drug-likeness (QED) is 0.478. The van der Waals surface area contributed by atoms with Crippen LogP contribution in [0.3, 0.4) is 0 Å². The lowest BCUT2D eigenvalue weighted by molar-refractivity contribution is -0.133.